The first-order valence-corrected chi connectivity index (χ1v) is 8.59. The van der Waals surface area contributed by atoms with Gasteiger partial charge in [-0.25, -0.2) is 4.79 Å². The van der Waals surface area contributed by atoms with Crippen molar-refractivity contribution in [3.05, 3.63) is 51.3 Å². The van der Waals surface area contributed by atoms with Gasteiger partial charge in [-0.3, -0.25) is 4.79 Å². The molecule has 2 aromatic rings. The van der Waals surface area contributed by atoms with E-state index < -0.39 is 5.97 Å². The van der Waals surface area contributed by atoms with E-state index >= 15 is 0 Å². The molecule has 26 heavy (non-hydrogen) atoms. The predicted octanol–water partition coefficient (Wildman–Crippen LogP) is 3.61. The smallest absolute Gasteiger partial charge is 0.339 e. The van der Waals surface area contributed by atoms with Gasteiger partial charge in [0, 0.05) is 29.9 Å². The van der Waals surface area contributed by atoms with E-state index in [1.54, 1.807) is 44.2 Å². The molecule has 6 nitrogen and oxygen atoms in total. The van der Waals surface area contributed by atoms with Crippen molar-refractivity contribution in [2.45, 2.75) is 26.8 Å². The number of nitrogens with zero attached hydrogens (tertiary/aromatic N) is 1. The van der Waals surface area contributed by atoms with Crippen LogP contribution in [0.2, 0.25) is 5.02 Å². The highest BCUT2D eigenvalue weighted by Gasteiger charge is 2.25. The third-order valence-electron chi connectivity index (χ3n) is 4.28. The summed E-state index contributed by atoms with van der Waals surface area (Å²) in [7, 11) is 4.58. The number of methoxy groups -OCH3 is 2. The molecule has 0 aliphatic heterocycles. The van der Waals surface area contributed by atoms with Gasteiger partial charge in [-0.1, -0.05) is 18.5 Å². The van der Waals surface area contributed by atoms with Crippen molar-refractivity contribution in [3.8, 4) is 5.75 Å². The van der Waals surface area contributed by atoms with Crippen molar-refractivity contribution in [3.63, 3.8) is 0 Å². The Bertz CT molecular complexity index is 829. The number of esters is 1. The fourth-order valence-electron chi connectivity index (χ4n) is 2.90. The highest BCUT2D eigenvalue weighted by atomic mass is 35.5. The van der Waals surface area contributed by atoms with Gasteiger partial charge in [0.05, 0.1) is 19.8 Å². The van der Waals surface area contributed by atoms with Crippen molar-refractivity contribution in [2.24, 2.45) is 0 Å². The van der Waals surface area contributed by atoms with Crippen LogP contribution < -0.4 is 4.74 Å². The Morgan fingerprint density at radius 3 is 2.54 bits per heavy atom. The van der Waals surface area contributed by atoms with Crippen molar-refractivity contribution >= 4 is 23.5 Å². The number of aryl methyl sites for hydroxylation is 1. The molecule has 1 N–H and O–H groups in total. The molecule has 0 spiro atoms. The number of hydrogen-bond donors (Lipinski definition) is 1. The summed E-state index contributed by atoms with van der Waals surface area (Å²) >= 11 is 6.06. The number of H-pyrrole nitrogens is 1. The molecule has 0 aliphatic rings. The lowest BCUT2D eigenvalue weighted by atomic mass is 10.1. The third kappa shape index (κ3) is 3.85. The van der Waals surface area contributed by atoms with Gasteiger partial charge in [0.15, 0.2) is 0 Å². The Labute approximate surface area is 158 Å². The van der Waals surface area contributed by atoms with E-state index in [1.165, 1.54) is 7.11 Å². The number of nitrogens with one attached hydrogen (secondary N) is 1. The zero-order valence-corrected chi connectivity index (χ0v) is 16.4. The van der Waals surface area contributed by atoms with Crippen molar-refractivity contribution < 1.29 is 19.1 Å². The average Bonchev–Trinajstić information content (AvgIpc) is 2.97. The summed E-state index contributed by atoms with van der Waals surface area (Å²) in [6, 6.07) is 5.26. The standard InChI is InChI=1S/C19H23ClN2O4/c1-6-14-16(19(24)26-5)11(2)17(21-14)18(23)22(3)10-12-9-13(20)7-8-15(12)25-4/h7-9,21H,6,10H2,1-5H3. The van der Waals surface area contributed by atoms with Crippen LogP contribution in [0, 0.1) is 6.92 Å². The van der Waals surface area contributed by atoms with Crippen molar-refractivity contribution in [2.75, 3.05) is 21.3 Å². The molecule has 0 saturated heterocycles. The molecule has 0 atom stereocenters. The summed E-state index contributed by atoms with van der Waals surface area (Å²) in [5.74, 6) is -0.0232. The molecule has 0 fully saturated rings. The second kappa shape index (κ2) is 8.27. The number of halogens is 1. The van der Waals surface area contributed by atoms with Crippen LogP contribution in [0.25, 0.3) is 0 Å². The van der Waals surface area contributed by atoms with E-state index in [0.717, 1.165) is 5.56 Å². The highest BCUT2D eigenvalue weighted by molar-refractivity contribution is 6.30. The number of rotatable bonds is 6. The van der Waals surface area contributed by atoms with Gasteiger partial charge in [0.1, 0.15) is 11.4 Å². The van der Waals surface area contributed by atoms with E-state index in [1.807, 2.05) is 6.92 Å². The fraction of sp³-hybridized carbons (Fsp3) is 0.368. The van der Waals surface area contributed by atoms with E-state index in [9.17, 15) is 9.59 Å². The Balaban J connectivity index is 2.33. The quantitative estimate of drug-likeness (QED) is 0.779. The molecule has 0 unspecified atom stereocenters. The zero-order chi connectivity index (χ0) is 19.4. The number of hydrogen-bond acceptors (Lipinski definition) is 4. The topological polar surface area (TPSA) is 71.6 Å². The number of benzene rings is 1. The maximum atomic E-state index is 12.9. The van der Waals surface area contributed by atoms with Gasteiger partial charge >= 0.3 is 5.97 Å². The minimum Gasteiger partial charge on any atom is -0.496 e. The van der Waals surface area contributed by atoms with Crippen molar-refractivity contribution in [1.82, 2.24) is 9.88 Å². The molecule has 0 saturated carbocycles. The molecular weight excluding hydrogens is 356 g/mol. The van der Waals surface area contributed by atoms with Gasteiger partial charge in [0.2, 0.25) is 0 Å². The van der Waals surface area contributed by atoms with E-state index in [0.29, 0.717) is 46.3 Å². The summed E-state index contributed by atoms with van der Waals surface area (Å²) in [6.07, 6.45) is 0.588. The maximum absolute atomic E-state index is 12.9. The lowest BCUT2D eigenvalue weighted by Crippen LogP contribution is -2.27. The van der Waals surface area contributed by atoms with Crippen molar-refractivity contribution in [1.29, 1.82) is 0 Å². The first-order chi connectivity index (χ1) is 12.3. The molecular formula is C19H23ClN2O4. The molecule has 140 valence electrons. The third-order valence-corrected chi connectivity index (χ3v) is 4.52. The molecule has 7 heteroatoms. The number of amides is 1. The molecule has 1 aromatic heterocycles. The Hall–Kier alpha value is -2.47. The number of carbonyl (C=O) groups is 2. The summed E-state index contributed by atoms with van der Waals surface area (Å²) in [4.78, 5) is 29.6. The Morgan fingerprint density at radius 2 is 1.96 bits per heavy atom. The van der Waals surface area contributed by atoms with E-state index in [-0.39, 0.29) is 5.91 Å². The fourth-order valence-corrected chi connectivity index (χ4v) is 3.10. The normalized spacial score (nSPS) is 10.5. The van der Waals surface area contributed by atoms with Gasteiger partial charge in [0.25, 0.3) is 5.91 Å². The molecule has 1 heterocycles. The number of aromatic nitrogens is 1. The van der Waals surface area contributed by atoms with Crippen LogP contribution in [0.1, 0.15) is 44.6 Å². The molecule has 1 amide bonds. The SMILES string of the molecule is CCc1[nH]c(C(=O)N(C)Cc2cc(Cl)ccc2OC)c(C)c1C(=O)OC. The van der Waals surface area contributed by atoms with Gasteiger partial charge in [-0.15, -0.1) is 0 Å². The number of aromatic amines is 1. The van der Waals surface area contributed by atoms with E-state index in [2.05, 4.69) is 4.98 Å². The maximum Gasteiger partial charge on any atom is 0.339 e. The largest absolute Gasteiger partial charge is 0.496 e. The minimum absolute atomic E-state index is 0.227. The van der Waals surface area contributed by atoms with Gasteiger partial charge in [-0.05, 0) is 37.1 Å². The zero-order valence-electron chi connectivity index (χ0n) is 15.6. The first-order valence-electron chi connectivity index (χ1n) is 8.21. The Morgan fingerprint density at radius 1 is 1.27 bits per heavy atom. The number of carbonyl (C=O) groups excluding carboxylic acids is 2. The molecule has 2 rings (SSSR count). The predicted molar refractivity (Wildman–Crippen MR) is 100 cm³/mol. The molecule has 1 aromatic carbocycles. The van der Waals surface area contributed by atoms with Crippen LogP contribution in [0.15, 0.2) is 18.2 Å². The van der Waals surface area contributed by atoms with Crippen LogP contribution in [0.5, 0.6) is 5.75 Å². The first kappa shape index (κ1) is 19.8. The van der Waals surface area contributed by atoms with Crippen LogP contribution in [0.3, 0.4) is 0 Å². The summed E-state index contributed by atoms with van der Waals surface area (Å²) in [6.45, 7) is 3.96. The summed E-state index contributed by atoms with van der Waals surface area (Å²) < 4.78 is 10.2. The van der Waals surface area contributed by atoms with Crippen LogP contribution in [0.4, 0.5) is 0 Å². The molecule has 0 aliphatic carbocycles. The second-order valence-electron chi connectivity index (χ2n) is 5.94. The monoisotopic (exact) mass is 378 g/mol. The van der Waals surface area contributed by atoms with Crippen LogP contribution >= 0.6 is 11.6 Å². The summed E-state index contributed by atoms with van der Waals surface area (Å²) in [5.41, 5.74) is 2.87. The van der Waals surface area contributed by atoms with Gasteiger partial charge < -0.3 is 19.4 Å². The van der Waals surface area contributed by atoms with E-state index in [4.69, 9.17) is 21.1 Å². The van der Waals surface area contributed by atoms with Gasteiger partial charge in [-0.2, -0.15) is 0 Å². The highest BCUT2D eigenvalue weighted by Crippen LogP contribution is 2.25. The number of ether oxygens (including phenoxy) is 2. The molecule has 0 radical (unpaired) electrons. The van der Waals surface area contributed by atoms with Crippen LogP contribution in [-0.2, 0) is 17.7 Å². The average molecular weight is 379 g/mol. The lowest BCUT2D eigenvalue weighted by molar-refractivity contribution is 0.0599. The molecule has 0 bridgehead atoms. The summed E-state index contributed by atoms with van der Waals surface area (Å²) in [5, 5.41) is 0.568. The second-order valence-corrected chi connectivity index (χ2v) is 6.38. The minimum atomic E-state index is -0.450. The van der Waals surface area contributed by atoms with Crippen LogP contribution in [-0.4, -0.2) is 43.0 Å². The lowest BCUT2D eigenvalue weighted by Gasteiger charge is -2.19. The Kier molecular flexibility index (Phi) is 6.32.